The summed E-state index contributed by atoms with van der Waals surface area (Å²) in [5, 5.41) is 6.66. The Balaban J connectivity index is 0.00000576. The topological polar surface area (TPSA) is 67.4 Å². The van der Waals surface area contributed by atoms with Gasteiger partial charge >= 0.3 is 0 Å². The zero-order valence-corrected chi connectivity index (χ0v) is 18.6. The lowest BCUT2D eigenvalue weighted by Gasteiger charge is -2.37. The number of rotatable bonds is 11. The van der Waals surface area contributed by atoms with Gasteiger partial charge in [-0.3, -0.25) is 9.89 Å². The fourth-order valence-corrected chi connectivity index (χ4v) is 2.69. The van der Waals surface area contributed by atoms with Crippen LogP contribution in [0.15, 0.2) is 4.99 Å². The molecule has 0 bridgehead atoms. The van der Waals surface area contributed by atoms with Crippen molar-refractivity contribution in [3.8, 4) is 0 Å². The third-order valence-electron chi connectivity index (χ3n) is 4.03. The molecule has 2 N–H and O–H groups in total. The average Bonchev–Trinajstić information content (AvgIpc) is 2.59. The molecule has 2 atom stereocenters. The van der Waals surface area contributed by atoms with Crippen molar-refractivity contribution in [2.45, 2.75) is 39.3 Å². The first-order chi connectivity index (χ1) is 11.7. The van der Waals surface area contributed by atoms with E-state index in [0.717, 1.165) is 58.4 Å². The highest BCUT2D eigenvalue weighted by molar-refractivity contribution is 14.0. The van der Waals surface area contributed by atoms with Crippen LogP contribution in [0.2, 0.25) is 0 Å². The molecule has 8 heteroatoms. The van der Waals surface area contributed by atoms with Gasteiger partial charge in [0.25, 0.3) is 0 Å². The van der Waals surface area contributed by atoms with Gasteiger partial charge in [0.05, 0.1) is 33.0 Å². The van der Waals surface area contributed by atoms with Crippen molar-refractivity contribution in [2.24, 2.45) is 4.99 Å². The highest BCUT2D eigenvalue weighted by Gasteiger charge is 2.23. The predicted molar refractivity (Wildman–Crippen MR) is 113 cm³/mol. The van der Waals surface area contributed by atoms with Crippen LogP contribution in [0, 0.1) is 0 Å². The Morgan fingerprint density at radius 1 is 1.32 bits per heavy atom. The van der Waals surface area contributed by atoms with Gasteiger partial charge in [-0.15, -0.1) is 24.0 Å². The number of morpholine rings is 1. The Labute approximate surface area is 170 Å². The van der Waals surface area contributed by atoms with Crippen molar-refractivity contribution in [2.75, 3.05) is 66.3 Å². The highest BCUT2D eigenvalue weighted by Crippen LogP contribution is 2.10. The van der Waals surface area contributed by atoms with Gasteiger partial charge in [0.2, 0.25) is 0 Å². The second-order valence-electron chi connectivity index (χ2n) is 6.12. The summed E-state index contributed by atoms with van der Waals surface area (Å²) in [6.07, 6.45) is 0.949. The summed E-state index contributed by atoms with van der Waals surface area (Å²) in [6, 6.07) is 0.875. The number of guanidine groups is 1. The van der Waals surface area contributed by atoms with Crippen LogP contribution in [0.1, 0.15) is 27.2 Å². The fourth-order valence-electron chi connectivity index (χ4n) is 2.69. The molecule has 2 unspecified atom stereocenters. The van der Waals surface area contributed by atoms with Crippen LogP contribution < -0.4 is 10.6 Å². The van der Waals surface area contributed by atoms with Gasteiger partial charge in [0.1, 0.15) is 0 Å². The summed E-state index contributed by atoms with van der Waals surface area (Å²) in [6.45, 7) is 13.7. The first-order valence-corrected chi connectivity index (χ1v) is 9.11. The van der Waals surface area contributed by atoms with Gasteiger partial charge in [-0.2, -0.15) is 0 Å². The molecule has 0 aromatic rings. The summed E-state index contributed by atoms with van der Waals surface area (Å²) in [4.78, 5) is 7.19. The minimum Gasteiger partial charge on any atom is -0.382 e. The highest BCUT2D eigenvalue weighted by atomic mass is 127. The van der Waals surface area contributed by atoms with E-state index in [1.54, 1.807) is 7.11 Å². The van der Waals surface area contributed by atoms with Gasteiger partial charge in [-0.1, -0.05) is 0 Å². The summed E-state index contributed by atoms with van der Waals surface area (Å²) < 4.78 is 15.9. The van der Waals surface area contributed by atoms with Crippen molar-refractivity contribution >= 4 is 29.9 Å². The van der Waals surface area contributed by atoms with Crippen LogP contribution in [-0.2, 0) is 14.2 Å². The first kappa shape index (κ1) is 24.8. The first-order valence-electron chi connectivity index (χ1n) is 9.11. The molecule has 7 nitrogen and oxygen atoms in total. The lowest BCUT2D eigenvalue weighted by atomic mass is 10.2. The van der Waals surface area contributed by atoms with E-state index >= 15 is 0 Å². The predicted octanol–water partition coefficient (Wildman–Crippen LogP) is 1.32. The number of methoxy groups -OCH3 is 1. The monoisotopic (exact) mass is 472 g/mol. The standard InChI is InChI=1S/C17H36N4O3.HI/c1-5-18-17(19-7-6-9-23-12-11-22-4)20-13-15(2)21-8-10-24-14-16(21)3;/h15-16H,5-14H2,1-4H3,(H2,18,19,20);1H. The van der Waals surface area contributed by atoms with E-state index in [1.807, 2.05) is 0 Å². The van der Waals surface area contributed by atoms with Crippen molar-refractivity contribution in [1.29, 1.82) is 0 Å². The molecule has 1 aliphatic rings. The van der Waals surface area contributed by atoms with Crippen LogP contribution in [0.5, 0.6) is 0 Å². The molecular weight excluding hydrogens is 435 g/mol. The second kappa shape index (κ2) is 16.0. The molecule has 0 saturated carbocycles. The number of halogens is 1. The Morgan fingerprint density at radius 2 is 2.12 bits per heavy atom. The maximum absolute atomic E-state index is 5.50. The van der Waals surface area contributed by atoms with E-state index in [9.17, 15) is 0 Å². The summed E-state index contributed by atoms with van der Waals surface area (Å²) in [7, 11) is 1.68. The van der Waals surface area contributed by atoms with E-state index in [2.05, 4.69) is 36.3 Å². The van der Waals surface area contributed by atoms with Crippen LogP contribution in [-0.4, -0.2) is 89.3 Å². The number of ether oxygens (including phenoxy) is 3. The van der Waals surface area contributed by atoms with Gasteiger partial charge in [-0.05, 0) is 27.2 Å². The summed E-state index contributed by atoms with van der Waals surface area (Å²) in [5.41, 5.74) is 0. The molecule has 150 valence electrons. The number of nitrogens with zero attached hydrogens (tertiary/aromatic N) is 2. The SMILES string of the molecule is CCNC(=NCC(C)N1CCOCC1C)NCCCOCCOC.I. The molecule has 25 heavy (non-hydrogen) atoms. The number of hydrogen-bond donors (Lipinski definition) is 2. The quantitative estimate of drug-likeness (QED) is 0.205. The van der Waals surface area contributed by atoms with Crippen LogP contribution >= 0.6 is 24.0 Å². The van der Waals surface area contributed by atoms with E-state index in [1.165, 1.54) is 0 Å². The summed E-state index contributed by atoms with van der Waals surface area (Å²) in [5.74, 6) is 0.877. The number of aliphatic imine (C=N–C) groups is 1. The molecule has 0 amide bonds. The normalized spacial score (nSPS) is 20.0. The molecule has 1 aliphatic heterocycles. The van der Waals surface area contributed by atoms with Crippen LogP contribution in [0.4, 0.5) is 0 Å². The van der Waals surface area contributed by atoms with E-state index in [0.29, 0.717) is 25.3 Å². The second-order valence-corrected chi connectivity index (χ2v) is 6.12. The maximum atomic E-state index is 5.50. The smallest absolute Gasteiger partial charge is 0.191 e. The van der Waals surface area contributed by atoms with Gasteiger partial charge < -0.3 is 24.8 Å². The van der Waals surface area contributed by atoms with Gasteiger partial charge in [-0.25, -0.2) is 0 Å². The van der Waals surface area contributed by atoms with Crippen molar-refractivity contribution in [3.63, 3.8) is 0 Å². The van der Waals surface area contributed by atoms with Crippen molar-refractivity contribution < 1.29 is 14.2 Å². The van der Waals surface area contributed by atoms with E-state index in [4.69, 9.17) is 19.2 Å². The molecule has 0 aliphatic carbocycles. The zero-order chi connectivity index (χ0) is 17.6. The lowest BCUT2D eigenvalue weighted by Crippen LogP contribution is -2.49. The number of nitrogens with one attached hydrogen (secondary N) is 2. The van der Waals surface area contributed by atoms with Crippen LogP contribution in [0.3, 0.4) is 0 Å². The van der Waals surface area contributed by atoms with Crippen LogP contribution in [0.25, 0.3) is 0 Å². The molecule has 0 aromatic carbocycles. The maximum Gasteiger partial charge on any atom is 0.191 e. The Morgan fingerprint density at radius 3 is 2.80 bits per heavy atom. The number of hydrogen-bond acceptors (Lipinski definition) is 5. The minimum absolute atomic E-state index is 0. The molecule has 0 aromatic heterocycles. The summed E-state index contributed by atoms with van der Waals surface area (Å²) >= 11 is 0. The minimum atomic E-state index is 0. The Kier molecular flexibility index (Phi) is 15.9. The largest absolute Gasteiger partial charge is 0.382 e. The van der Waals surface area contributed by atoms with Gasteiger partial charge in [0.15, 0.2) is 5.96 Å². The third-order valence-corrected chi connectivity index (χ3v) is 4.03. The molecule has 0 spiro atoms. The Hall–Kier alpha value is -0.160. The molecule has 0 radical (unpaired) electrons. The van der Waals surface area contributed by atoms with Crippen molar-refractivity contribution in [1.82, 2.24) is 15.5 Å². The average molecular weight is 472 g/mol. The molecular formula is C17H37IN4O3. The molecule has 1 fully saturated rings. The Bertz CT molecular complexity index is 348. The molecule has 1 heterocycles. The van der Waals surface area contributed by atoms with Crippen molar-refractivity contribution in [3.05, 3.63) is 0 Å². The lowest BCUT2D eigenvalue weighted by molar-refractivity contribution is -0.0165. The third kappa shape index (κ3) is 11.2. The van der Waals surface area contributed by atoms with E-state index in [-0.39, 0.29) is 24.0 Å². The van der Waals surface area contributed by atoms with Gasteiger partial charge in [0, 0.05) is 45.4 Å². The molecule has 1 rings (SSSR count). The zero-order valence-electron chi connectivity index (χ0n) is 16.3. The molecule has 1 saturated heterocycles. The fraction of sp³-hybridized carbons (Fsp3) is 0.941. The van der Waals surface area contributed by atoms with E-state index < -0.39 is 0 Å².